The molecule has 5 aromatic rings. The average Bonchev–Trinajstić information content (AvgIpc) is 3.84. The number of fused-ring (bicyclic) bond motifs is 1. The van der Waals surface area contributed by atoms with Crippen molar-refractivity contribution in [1.29, 1.82) is 0 Å². The molecule has 3 amide bonds. The van der Waals surface area contributed by atoms with E-state index < -0.39 is 60.3 Å². The third-order valence-electron chi connectivity index (χ3n) is 11.7. The Bertz CT molecular complexity index is 2440. The van der Waals surface area contributed by atoms with Crippen LogP contribution in [0.1, 0.15) is 53.5 Å². The van der Waals surface area contributed by atoms with Gasteiger partial charge in [-0.05, 0) is 50.5 Å². The van der Waals surface area contributed by atoms with Crippen LogP contribution in [0.5, 0.6) is 17.2 Å². The number of β-amino-alcohol motifs (C(OH)–C–C–N with tert-alkyl or cyclic N) is 1. The number of thiazole rings is 1. The molecule has 3 aromatic heterocycles. The van der Waals surface area contributed by atoms with Crippen LogP contribution < -0.4 is 30.6 Å². The van der Waals surface area contributed by atoms with Gasteiger partial charge in [-0.3, -0.25) is 34.2 Å². The summed E-state index contributed by atoms with van der Waals surface area (Å²) in [6.45, 7) is 3.07. The minimum Gasteiger partial charge on any atom is -0.495 e. The summed E-state index contributed by atoms with van der Waals surface area (Å²) in [5, 5.41) is 30.1. The molecule has 6 N–H and O–H groups in total. The number of primary amides is 1. The summed E-state index contributed by atoms with van der Waals surface area (Å²) in [5.74, 6) is -0.775. The first-order valence-corrected chi connectivity index (χ1v) is 22.3. The molecule has 0 bridgehead atoms. The van der Waals surface area contributed by atoms with Crippen LogP contribution in [0.15, 0.2) is 96.9 Å². The van der Waals surface area contributed by atoms with Crippen molar-refractivity contribution in [3.05, 3.63) is 119 Å². The van der Waals surface area contributed by atoms with E-state index >= 15 is 0 Å². The highest BCUT2D eigenvalue weighted by Gasteiger charge is 2.42. The third kappa shape index (κ3) is 13.5. The number of ether oxygens (including phenoxy) is 3. The number of rotatable bonds is 16. The Morgan fingerprint density at radius 1 is 0.970 bits per heavy atom. The quantitative estimate of drug-likeness (QED) is 0.0922. The molecule has 0 radical (unpaired) electrons. The minimum absolute atomic E-state index is 0.00210. The number of pyridine rings is 2. The van der Waals surface area contributed by atoms with Gasteiger partial charge in [-0.2, -0.15) is 13.2 Å². The van der Waals surface area contributed by atoms with Gasteiger partial charge in [0.1, 0.15) is 47.6 Å². The molecule has 1 saturated heterocycles. The molecular weight excluding hydrogens is 894 g/mol. The molecular formula is C47H55F3N8O8S. The number of nitrogens with one attached hydrogen (secondary N) is 2. The average molecular weight is 949 g/mol. The van der Waals surface area contributed by atoms with Gasteiger partial charge < -0.3 is 40.8 Å². The molecule has 5 atom stereocenters. The SMILES string of the molecule is COc1cncc(-c2nc(C(C)(C)N3CCN(C[C@@H](O)C[C@@H](Cc4ccccc4)C(=O)N[C@H]4c5ccccc5OC[C@H]4O)[C@H](C(=O)NCC(F)(F)F)C3)cs2)c1.COc1cncc(C(N)=O)c1. The maximum absolute atomic E-state index is 14.0. The Hall–Kier alpha value is -6.19. The summed E-state index contributed by atoms with van der Waals surface area (Å²) in [4.78, 5) is 54.6. The lowest BCUT2D eigenvalue weighted by Crippen LogP contribution is -2.63. The van der Waals surface area contributed by atoms with E-state index in [-0.39, 0.29) is 45.0 Å². The van der Waals surface area contributed by atoms with Crippen molar-refractivity contribution < 1.29 is 52.0 Å². The van der Waals surface area contributed by atoms with Gasteiger partial charge in [0.2, 0.25) is 17.7 Å². The van der Waals surface area contributed by atoms with E-state index in [9.17, 15) is 37.8 Å². The van der Waals surface area contributed by atoms with Crippen molar-refractivity contribution in [3.8, 4) is 27.8 Å². The van der Waals surface area contributed by atoms with Crippen molar-refractivity contribution in [2.45, 2.75) is 62.7 Å². The number of para-hydroxylation sites is 1. The van der Waals surface area contributed by atoms with E-state index in [1.165, 1.54) is 36.9 Å². The van der Waals surface area contributed by atoms with E-state index in [0.29, 0.717) is 39.9 Å². The van der Waals surface area contributed by atoms with Crippen molar-refractivity contribution in [1.82, 2.24) is 35.4 Å². The lowest BCUT2D eigenvalue weighted by atomic mass is 9.90. The predicted octanol–water partition coefficient (Wildman–Crippen LogP) is 4.52. The van der Waals surface area contributed by atoms with Crippen LogP contribution >= 0.6 is 11.3 Å². The molecule has 0 aliphatic carbocycles. The van der Waals surface area contributed by atoms with Crippen LogP contribution in [0, 0.1) is 5.92 Å². The Morgan fingerprint density at radius 3 is 2.36 bits per heavy atom. The van der Waals surface area contributed by atoms with Crippen LogP contribution in [0.25, 0.3) is 10.6 Å². The van der Waals surface area contributed by atoms with Gasteiger partial charge in [0.25, 0.3) is 0 Å². The summed E-state index contributed by atoms with van der Waals surface area (Å²) < 4.78 is 55.6. The maximum Gasteiger partial charge on any atom is 0.405 e. The van der Waals surface area contributed by atoms with Crippen LogP contribution in [-0.4, -0.2) is 131 Å². The zero-order chi connectivity index (χ0) is 48.3. The maximum atomic E-state index is 14.0. The van der Waals surface area contributed by atoms with Gasteiger partial charge in [0.15, 0.2) is 0 Å². The first-order chi connectivity index (χ1) is 31.9. The molecule has 7 rings (SSSR count). The number of carbonyl (C=O) groups excluding carboxylic acids is 3. The highest BCUT2D eigenvalue weighted by molar-refractivity contribution is 7.13. The predicted molar refractivity (Wildman–Crippen MR) is 243 cm³/mol. The Morgan fingerprint density at radius 2 is 1.66 bits per heavy atom. The number of methoxy groups -OCH3 is 2. The number of benzene rings is 2. The standard InChI is InChI=1S/C40H47F3N6O6S.C7H8N2O2/c1-39(2,34-23-56-38(46-34)27-17-29(54-3)19-44-18-27)49-14-13-48(31(21-49)37(53)45-24-40(41,42)43)20-28(50)16-26(15-25-9-5-4-6-10-25)36(52)47-35-30-11-7-8-12-33(30)55-22-32(35)51;1-11-6-2-5(7(8)10)3-9-4-6/h4-12,17-19,23,26,28,31-32,35,50-51H,13-16,20-22,24H2,1-3H3,(H,45,53)(H,47,52);2-4H,1H3,(H2,8,10)/t26-,28+,31+,32-,35+;/m1./s1. The van der Waals surface area contributed by atoms with Gasteiger partial charge in [-0.15, -0.1) is 11.3 Å². The number of carbonyl (C=O) groups is 3. The van der Waals surface area contributed by atoms with Crippen LogP contribution in [0.4, 0.5) is 13.2 Å². The zero-order valence-corrected chi connectivity index (χ0v) is 38.3. The van der Waals surface area contributed by atoms with E-state index in [0.717, 1.165) is 16.8 Å². The molecule has 67 heavy (non-hydrogen) atoms. The topological polar surface area (TPSA) is 215 Å². The minimum atomic E-state index is -4.61. The summed E-state index contributed by atoms with van der Waals surface area (Å²) >= 11 is 1.42. The molecule has 16 nitrogen and oxygen atoms in total. The number of aromatic nitrogens is 3. The third-order valence-corrected chi connectivity index (χ3v) is 12.5. The molecule has 358 valence electrons. The van der Waals surface area contributed by atoms with E-state index in [2.05, 4.69) is 15.3 Å². The molecule has 0 spiro atoms. The smallest absolute Gasteiger partial charge is 0.405 e. The van der Waals surface area contributed by atoms with Gasteiger partial charge in [0.05, 0.1) is 55.6 Å². The number of amides is 3. The van der Waals surface area contributed by atoms with Crippen molar-refractivity contribution in [3.63, 3.8) is 0 Å². The van der Waals surface area contributed by atoms with Gasteiger partial charge in [-0.25, -0.2) is 4.98 Å². The second-order valence-electron chi connectivity index (χ2n) is 16.7. The van der Waals surface area contributed by atoms with E-state index in [4.69, 9.17) is 24.9 Å². The molecule has 0 unspecified atom stereocenters. The number of nitrogens with zero attached hydrogens (tertiary/aromatic N) is 5. The molecule has 1 fully saturated rings. The fourth-order valence-electron chi connectivity index (χ4n) is 7.91. The lowest BCUT2D eigenvalue weighted by molar-refractivity contribution is -0.144. The van der Waals surface area contributed by atoms with E-state index in [1.807, 2.05) is 65.8 Å². The van der Waals surface area contributed by atoms with Crippen LogP contribution in [0.3, 0.4) is 0 Å². The fraction of sp³-hybridized carbons (Fsp3) is 0.404. The second-order valence-corrected chi connectivity index (χ2v) is 17.5. The number of hydrogen-bond donors (Lipinski definition) is 5. The van der Waals surface area contributed by atoms with Crippen molar-refractivity contribution in [2.75, 3.05) is 53.6 Å². The first-order valence-electron chi connectivity index (χ1n) is 21.5. The van der Waals surface area contributed by atoms with Gasteiger partial charge in [-0.1, -0.05) is 48.5 Å². The first kappa shape index (κ1) is 50.2. The lowest BCUT2D eigenvalue weighted by Gasteiger charge is -2.47. The molecule has 2 aromatic carbocycles. The molecule has 5 heterocycles. The Balaban J connectivity index is 0.000000591. The highest BCUT2D eigenvalue weighted by atomic mass is 32.1. The van der Waals surface area contributed by atoms with E-state index in [1.54, 1.807) is 48.7 Å². The highest BCUT2D eigenvalue weighted by Crippen LogP contribution is 2.36. The number of piperazine rings is 1. The monoisotopic (exact) mass is 948 g/mol. The number of hydrogen-bond acceptors (Lipinski definition) is 14. The molecule has 20 heteroatoms. The molecule has 2 aliphatic rings. The van der Waals surface area contributed by atoms with Crippen LogP contribution in [-0.2, 0) is 21.5 Å². The Labute approximate surface area is 390 Å². The zero-order valence-electron chi connectivity index (χ0n) is 37.5. The normalized spacial score (nSPS) is 18.5. The summed E-state index contributed by atoms with van der Waals surface area (Å²) in [7, 11) is 3.05. The number of alkyl halides is 3. The second kappa shape index (κ2) is 22.5. The number of halogens is 3. The van der Waals surface area contributed by atoms with Crippen molar-refractivity contribution in [2.24, 2.45) is 11.7 Å². The molecule has 2 aliphatic heterocycles. The summed E-state index contributed by atoms with van der Waals surface area (Å²) in [6, 6.07) is 18.1. The van der Waals surface area contributed by atoms with Crippen LogP contribution in [0.2, 0.25) is 0 Å². The number of aliphatic hydroxyl groups is 2. The summed E-state index contributed by atoms with van der Waals surface area (Å²) in [5.41, 5.74) is 7.62. The van der Waals surface area contributed by atoms with Gasteiger partial charge in [0, 0.05) is 61.0 Å². The number of nitrogens with two attached hydrogens (primary N) is 1. The van der Waals surface area contributed by atoms with Gasteiger partial charge >= 0.3 is 6.18 Å². The fourth-order valence-corrected chi connectivity index (χ4v) is 8.87. The largest absolute Gasteiger partial charge is 0.495 e. The van der Waals surface area contributed by atoms with Crippen molar-refractivity contribution >= 4 is 29.1 Å². The molecule has 0 saturated carbocycles. The Kier molecular flexibility index (Phi) is 16.9. The summed E-state index contributed by atoms with van der Waals surface area (Å²) in [6.07, 6.45) is -0.288. The number of aliphatic hydroxyl groups excluding tert-OH is 2.